The zero-order valence-corrected chi connectivity index (χ0v) is 13.7. The maximum Gasteiger partial charge on any atom is 0.168 e. The van der Waals surface area contributed by atoms with Crippen molar-refractivity contribution in [3.63, 3.8) is 0 Å². The van der Waals surface area contributed by atoms with Gasteiger partial charge in [0.15, 0.2) is 5.11 Å². The third-order valence-electron chi connectivity index (χ3n) is 3.25. The van der Waals surface area contributed by atoms with Crippen molar-refractivity contribution in [3.05, 3.63) is 48.5 Å². The van der Waals surface area contributed by atoms with Crippen LogP contribution in [-0.4, -0.2) is 11.7 Å². The summed E-state index contributed by atoms with van der Waals surface area (Å²) in [5.74, 6) is 0.879. The Balaban J connectivity index is 0.000000238. The summed E-state index contributed by atoms with van der Waals surface area (Å²) >= 11 is 4.74. The molecular formula is C18H22N2OS. The minimum atomic E-state index is 0.275. The predicted molar refractivity (Wildman–Crippen MR) is 97.3 cm³/mol. The van der Waals surface area contributed by atoms with Gasteiger partial charge in [-0.25, -0.2) is 0 Å². The smallest absolute Gasteiger partial charge is 0.168 e. The first-order valence-corrected chi connectivity index (χ1v) is 7.99. The van der Waals surface area contributed by atoms with Gasteiger partial charge >= 0.3 is 0 Å². The van der Waals surface area contributed by atoms with E-state index in [1.54, 1.807) is 0 Å². The fourth-order valence-electron chi connectivity index (χ4n) is 1.99. The van der Waals surface area contributed by atoms with Crippen LogP contribution in [-0.2, 0) is 0 Å². The Morgan fingerprint density at radius 1 is 1.09 bits per heavy atom. The van der Waals surface area contributed by atoms with Crippen molar-refractivity contribution in [3.8, 4) is 16.9 Å². The average molecular weight is 314 g/mol. The molecule has 0 fully saturated rings. The molecule has 0 aromatic heterocycles. The molecule has 0 saturated carbocycles. The number of fused-ring (bicyclic) bond motifs is 1. The first-order chi connectivity index (χ1) is 10.7. The largest absolute Gasteiger partial charge is 0.494 e. The Labute approximate surface area is 137 Å². The molecule has 22 heavy (non-hydrogen) atoms. The molecule has 2 aliphatic rings. The maximum atomic E-state index is 5.58. The topological polar surface area (TPSA) is 47.3 Å². The molecule has 0 unspecified atom stereocenters. The molecule has 0 saturated heterocycles. The predicted octanol–water partition coefficient (Wildman–Crippen LogP) is 4.58. The van der Waals surface area contributed by atoms with Crippen LogP contribution >= 0.6 is 12.2 Å². The average Bonchev–Trinajstić information content (AvgIpc) is 3.11. The summed E-state index contributed by atoms with van der Waals surface area (Å²) in [5.41, 5.74) is 9.10. The molecule has 3 rings (SSSR count). The molecule has 0 atom stereocenters. The van der Waals surface area contributed by atoms with E-state index in [9.17, 15) is 0 Å². The van der Waals surface area contributed by atoms with E-state index in [0.717, 1.165) is 24.5 Å². The lowest BCUT2D eigenvalue weighted by molar-refractivity contribution is 0.306. The van der Waals surface area contributed by atoms with Crippen molar-refractivity contribution in [2.75, 3.05) is 11.9 Å². The molecule has 116 valence electrons. The summed E-state index contributed by atoms with van der Waals surface area (Å²) in [6, 6.07) is 16.1. The first kappa shape index (κ1) is 16.3. The van der Waals surface area contributed by atoms with E-state index in [2.05, 4.69) is 36.5 Å². The number of benzene rings is 2. The summed E-state index contributed by atoms with van der Waals surface area (Å²) in [6.07, 6.45) is 3.52. The number of hydrogen-bond donors (Lipinski definition) is 2. The van der Waals surface area contributed by atoms with Gasteiger partial charge in [-0.15, -0.1) is 0 Å². The lowest BCUT2D eigenvalue weighted by Crippen LogP contribution is -2.18. The normalized spacial score (nSPS) is 10.2. The third-order valence-corrected chi connectivity index (χ3v) is 3.35. The lowest BCUT2D eigenvalue weighted by atomic mass is 10.2. The van der Waals surface area contributed by atoms with Gasteiger partial charge in [0.05, 0.1) is 6.61 Å². The van der Waals surface area contributed by atoms with Crippen LogP contribution in [0.5, 0.6) is 5.75 Å². The fraction of sp³-hybridized carbons (Fsp3) is 0.278. The molecule has 0 aliphatic heterocycles. The highest BCUT2D eigenvalue weighted by Gasteiger charge is 2.07. The van der Waals surface area contributed by atoms with Gasteiger partial charge < -0.3 is 15.8 Å². The van der Waals surface area contributed by atoms with Crippen molar-refractivity contribution in [1.29, 1.82) is 0 Å². The van der Waals surface area contributed by atoms with Crippen molar-refractivity contribution < 1.29 is 4.74 Å². The Morgan fingerprint density at radius 3 is 2.23 bits per heavy atom. The Kier molecular flexibility index (Phi) is 6.22. The van der Waals surface area contributed by atoms with E-state index in [0.29, 0.717) is 0 Å². The Hall–Kier alpha value is -2.07. The van der Waals surface area contributed by atoms with Gasteiger partial charge in [-0.05, 0) is 60.1 Å². The summed E-state index contributed by atoms with van der Waals surface area (Å²) in [4.78, 5) is 0. The summed E-state index contributed by atoms with van der Waals surface area (Å²) in [5, 5.41) is 3.14. The molecule has 3 N–H and O–H groups in total. The van der Waals surface area contributed by atoms with Crippen LogP contribution in [0.4, 0.5) is 5.69 Å². The summed E-state index contributed by atoms with van der Waals surface area (Å²) in [6.45, 7) is 2.95. The van der Waals surface area contributed by atoms with E-state index in [4.69, 9.17) is 22.7 Å². The Bertz CT molecular complexity index is 593. The number of nitrogens with one attached hydrogen (secondary N) is 1. The second-order valence-corrected chi connectivity index (χ2v) is 5.59. The number of hydrogen-bond acceptors (Lipinski definition) is 2. The van der Waals surface area contributed by atoms with Crippen molar-refractivity contribution >= 4 is 23.0 Å². The van der Waals surface area contributed by atoms with Gasteiger partial charge in [0.1, 0.15) is 5.75 Å². The number of ether oxygens (including phenoxy) is 1. The van der Waals surface area contributed by atoms with Crippen LogP contribution in [0.25, 0.3) is 11.1 Å². The number of unbranched alkanes of at least 4 members (excludes halogenated alkanes) is 2. The summed E-state index contributed by atoms with van der Waals surface area (Å²) < 4.78 is 5.58. The molecule has 0 amide bonds. The first-order valence-electron chi connectivity index (χ1n) is 7.59. The van der Waals surface area contributed by atoms with Crippen LogP contribution in [0.2, 0.25) is 0 Å². The standard InChI is InChI=1S/C12H18N2OS.C6H4/c1-2-3-4-9-15-11-7-5-10(6-8-11)14-12(13)16;1-2-5-4-6(5)3-1/h5-8H,2-4,9H2,1H3,(H3,13,14,16);1-4H. The highest BCUT2D eigenvalue weighted by molar-refractivity contribution is 7.80. The van der Waals surface area contributed by atoms with Gasteiger partial charge in [-0.3, -0.25) is 0 Å². The monoisotopic (exact) mass is 314 g/mol. The number of thiocarbonyl (C=S) groups is 1. The molecule has 3 nitrogen and oxygen atoms in total. The molecule has 0 spiro atoms. The minimum Gasteiger partial charge on any atom is -0.494 e. The van der Waals surface area contributed by atoms with E-state index < -0.39 is 0 Å². The SMILES string of the molecule is CCCCCOc1ccc(NC(N)=S)cc1.c1cc2cc-2c1. The van der Waals surface area contributed by atoms with Crippen molar-refractivity contribution in [2.45, 2.75) is 26.2 Å². The maximum absolute atomic E-state index is 5.58. The van der Waals surface area contributed by atoms with E-state index in [1.807, 2.05) is 24.3 Å². The zero-order chi connectivity index (χ0) is 15.8. The van der Waals surface area contributed by atoms with Crippen LogP contribution in [0.1, 0.15) is 26.2 Å². The molecule has 0 radical (unpaired) electrons. The van der Waals surface area contributed by atoms with Crippen LogP contribution < -0.4 is 15.8 Å². The minimum absolute atomic E-state index is 0.275. The molecule has 0 heterocycles. The van der Waals surface area contributed by atoms with Gasteiger partial charge in [0.2, 0.25) is 0 Å². The highest BCUT2D eigenvalue weighted by Crippen LogP contribution is 2.32. The van der Waals surface area contributed by atoms with Crippen molar-refractivity contribution in [1.82, 2.24) is 0 Å². The lowest BCUT2D eigenvalue weighted by Gasteiger charge is -2.07. The van der Waals surface area contributed by atoms with E-state index in [1.165, 1.54) is 24.0 Å². The van der Waals surface area contributed by atoms with Gasteiger partial charge in [-0.1, -0.05) is 38.0 Å². The second kappa shape index (κ2) is 8.39. The van der Waals surface area contributed by atoms with Crippen LogP contribution in [0.15, 0.2) is 48.5 Å². The molecular weight excluding hydrogens is 292 g/mol. The molecule has 1 aromatic rings. The van der Waals surface area contributed by atoms with Crippen LogP contribution in [0, 0.1) is 0 Å². The molecule has 2 aliphatic carbocycles. The third kappa shape index (κ3) is 5.74. The van der Waals surface area contributed by atoms with Gasteiger partial charge in [-0.2, -0.15) is 0 Å². The van der Waals surface area contributed by atoms with E-state index in [-0.39, 0.29) is 5.11 Å². The highest BCUT2D eigenvalue weighted by atomic mass is 32.1. The van der Waals surface area contributed by atoms with Crippen LogP contribution in [0.3, 0.4) is 0 Å². The van der Waals surface area contributed by atoms with E-state index >= 15 is 0 Å². The van der Waals surface area contributed by atoms with Crippen molar-refractivity contribution in [2.24, 2.45) is 5.73 Å². The molecule has 1 aromatic carbocycles. The van der Waals surface area contributed by atoms with Gasteiger partial charge in [0, 0.05) is 5.69 Å². The number of nitrogens with two attached hydrogens (primary N) is 1. The number of rotatable bonds is 6. The Morgan fingerprint density at radius 2 is 1.77 bits per heavy atom. The summed E-state index contributed by atoms with van der Waals surface area (Å²) in [7, 11) is 0. The molecule has 4 heteroatoms. The van der Waals surface area contributed by atoms with Gasteiger partial charge in [0.25, 0.3) is 0 Å². The molecule has 0 bridgehead atoms. The fourth-order valence-corrected chi connectivity index (χ4v) is 2.11. The second-order valence-electron chi connectivity index (χ2n) is 5.15. The zero-order valence-electron chi connectivity index (χ0n) is 12.8. The quantitative estimate of drug-likeness (QED) is 0.516. The number of anilines is 1.